The molecule has 1 aliphatic rings. The quantitative estimate of drug-likeness (QED) is 0.851. The van der Waals surface area contributed by atoms with Gasteiger partial charge in [-0.25, -0.2) is 0 Å². The van der Waals surface area contributed by atoms with Crippen molar-refractivity contribution >= 4 is 11.5 Å². The number of piperidine rings is 1. The van der Waals surface area contributed by atoms with Crippen molar-refractivity contribution in [3.05, 3.63) is 12.1 Å². The van der Waals surface area contributed by atoms with Crippen molar-refractivity contribution in [1.82, 2.24) is 9.88 Å². The third-order valence-electron chi connectivity index (χ3n) is 3.40. The molecule has 5 heteroatoms. The van der Waals surface area contributed by atoms with Crippen LogP contribution in [0.2, 0.25) is 0 Å². The second kappa shape index (κ2) is 6.61. The van der Waals surface area contributed by atoms with E-state index in [9.17, 15) is 0 Å². The van der Waals surface area contributed by atoms with Gasteiger partial charge < -0.3 is 20.7 Å². The molecule has 0 radical (unpaired) electrons. The van der Waals surface area contributed by atoms with Crippen LogP contribution < -0.4 is 15.8 Å². The van der Waals surface area contributed by atoms with Gasteiger partial charge in [0.2, 0.25) is 5.88 Å². The molecule has 1 aromatic heterocycles. The van der Waals surface area contributed by atoms with Crippen LogP contribution in [0.15, 0.2) is 12.1 Å². The molecule has 0 saturated carbocycles. The molecule has 0 spiro atoms. The summed E-state index contributed by atoms with van der Waals surface area (Å²) in [5, 5.41) is 3.47. The summed E-state index contributed by atoms with van der Waals surface area (Å²) in [5.74, 6) is 1.40. The first-order valence-corrected chi connectivity index (χ1v) is 7.03. The Bertz CT molecular complexity index is 402. The summed E-state index contributed by atoms with van der Waals surface area (Å²) in [6, 6.07) is 4.27. The highest BCUT2D eigenvalue weighted by Gasteiger charge is 2.17. The first kappa shape index (κ1) is 13.9. The van der Waals surface area contributed by atoms with E-state index in [0.717, 1.165) is 38.2 Å². The van der Waals surface area contributed by atoms with E-state index in [2.05, 4.69) is 29.2 Å². The number of likely N-dealkylation sites (tertiary alicyclic amines) is 1. The van der Waals surface area contributed by atoms with E-state index in [4.69, 9.17) is 10.5 Å². The van der Waals surface area contributed by atoms with Crippen molar-refractivity contribution in [3.8, 4) is 5.88 Å². The molecule has 0 bridgehead atoms. The Kier molecular flexibility index (Phi) is 4.85. The van der Waals surface area contributed by atoms with Gasteiger partial charge in [0.05, 0.1) is 12.3 Å². The fourth-order valence-corrected chi connectivity index (χ4v) is 2.21. The predicted octanol–water partition coefficient (Wildman–Crippen LogP) is 1.96. The van der Waals surface area contributed by atoms with Gasteiger partial charge in [0.25, 0.3) is 0 Å². The molecule has 5 nitrogen and oxygen atoms in total. The maximum atomic E-state index is 5.86. The number of anilines is 2. The first-order valence-electron chi connectivity index (χ1n) is 7.03. The van der Waals surface area contributed by atoms with E-state index < -0.39 is 0 Å². The molecule has 3 N–H and O–H groups in total. The number of nitrogens with two attached hydrogens (primary N) is 1. The third-order valence-corrected chi connectivity index (χ3v) is 3.40. The average molecular weight is 264 g/mol. The van der Waals surface area contributed by atoms with Crippen LogP contribution >= 0.6 is 0 Å². The molecule has 1 saturated heterocycles. The number of nitrogens with one attached hydrogen (secondary N) is 1. The number of nitrogen functional groups attached to an aromatic ring is 1. The van der Waals surface area contributed by atoms with Gasteiger partial charge in [-0.05, 0) is 51.5 Å². The number of ether oxygens (including phenoxy) is 1. The zero-order valence-electron chi connectivity index (χ0n) is 11.9. The molecule has 1 aromatic rings. The van der Waals surface area contributed by atoms with Crippen LogP contribution in [-0.2, 0) is 0 Å². The molecular formula is C14H24N4O. The Balaban J connectivity index is 1.96. The molecular weight excluding hydrogens is 240 g/mol. The topological polar surface area (TPSA) is 63.4 Å². The summed E-state index contributed by atoms with van der Waals surface area (Å²) in [4.78, 5) is 6.80. The SMILES string of the molecule is CCCOc1nc(NC2CCN(C)CC2)ccc1N. The van der Waals surface area contributed by atoms with Crippen LogP contribution in [0.1, 0.15) is 26.2 Å². The van der Waals surface area contributed by atoms with Gasteiger partial charge in [0.1, 0.15) is 5.82 Å². The maximum Gasteiger partial charge on any atom is 0.239 e. The smallest absolute Gasteiger partial charge is 0.239 e. The van der Waals surface area contributed by atoms with E-state index >= 15 is 0 Å². The lowest BCUT2D eigenvalue weighted by atomic mass is 10.1. The summed E-state index contributed by atoms with van der Waals surface area (Å²) in [6.45, 7) is 4.98. The van der Waals surface area contributed by atoms with Gasteiger partial charge in [-0.1, -0.05) is 6.92 Å². The molecule has 2 rings (SSSR count). The summed E-state index contributed by atoms with van der Waals surface area (Å²) >= 11 is 0. The summed E-state index contributed by atoms with van der Waals surface area (Å²) in [5.41, 5.74) is 6.46. The van der Waals surface area contributed by atoms with Crippen LogP contribution in [0.25, 0.3) is 0 Å². The summed E-state index contributed by atoms with van der Waals surface area (Å²) in [7, 11) is 2.16. The normalized spacial score (nSPS) is 17.4. The van der Waals surface area contributed by atoms with E-state index in [1.807, 2.05) is 12.1 Å². The minimum atomic E-state index is 0.492. The minimum absolute atomic E-state index is 0.492. The number of hydrogen-bond acceptors (Lipinski definition) is 5. The van der Waals surface area contributed by atoms with Crippen molar-refractivity contribution in [3.63, 3.8) is 0 Å². The largest absolute Gasteiger partial charge is 0.476 e. The lowest BCUT2D eigenvalue weighted by Gasteiger charge is -2.29. The number of hydrogen-bond donors (Lipinski definition) is 2. The Morgan fingerprint density at radius 3 is 2.84 bits per heavy atom. The van der Waals surface area contributed by atoms with Crippen molar-refractivity contribution in [1.29, 1.82) is 0 Å². The average Bonchev–Trinajstić information content (AvgIpc) is 2.42. The van der Waals surface area contributed by atoms with E-state index in [0.29, 0.717) is 24.2 Å². The summed E-state index contributed by atoms with van der Waals surface area (Å²) in [6.07, 6.45) is 3.25. The molecule has 0 unspecified atom stereocenters. The van der Waals surface area contributed by atoms with E-state index in [1.165, 1.54) is 0 Å². The molecule has 0 atom stereocenters. The van der Waals surface area contributed by atoms with Crippen LogP contribution in [0.4, 0.5) is 11.5 Å². The van der Waals surface area contributed by atoms with Crippen LogP contribution in [0, 0.1) is 0 Å². The number of pyridine rings is 1. The Morgan fingerprint density at radius 1 is 1.42 bits per heavy atom. The molecule has 1 aliphatic heterocycles. The van der Waals surface area contributed by atoms with Gasteiger partial charge in [-0.2, -0.15) is 4.98 Å². The minimum Gasteiger partial charge on any atom is -0.476 e. The van der Waals surface area contributed by atoms with Gasteiger partial charge >= 0.3 is 0 Å². The van der Waals surface area contributed by atoms with Gasteiger partial charge in [-0.3, -0.25) is 0 Å². The fourth-order valence-electron chi connectivity index (χ4n) is 2.21. The highest BCUT2D eigenvalue weighted by atomic mass is 16.5. The zero-order valence-corrected chi connectivity index (χ0v) is 11.9. The number of rotatable bonds is 5. The molecule has 0 aliphatic carbocycles. The lowest BCUT2D eigenvalue weighted by Crippen LogP contribution is -2.36. The van der Waals surface area contributed by atoms with E-state index in [1.54, 1.807) is 0 Å². The Hall–Kier alpha value is -1.49. The first-order chi connectivity index (χ1) is 9.19. The molecule has 106 valence electrons. The Labute approximate surface area is 115 Å². The fraction of sp³-hybridized carbons (Fsp3) is 0.643. The van der Waals surface area contributed by atoms with Crippen LogP contribution in [-0.4, -0.2) is 42.7 Å². The maximum absolute atomic E-state index is 5.86. The second-order valence-corrected chi connectivity index (χ2v) is 5.16. The molecule has 0 amide bonds. The molecule has 19 heavy (non-hydrogen) atoms. The monoisotopic (exact) mass is 264 g/mol. The van der Waals surface area contributed by atoms with Crippen LogP contribution in [0.3, 0.4) is 0 Å². The van der Waals surface area contributed by atoms with Crippen molar-refractivity contribution in [2.75, 3.05) is 37.8 Å². The number of nitrogens with zero attached hydrogens (tertiary/aromatic N) is 2. The van der Waals surface area contributed by atoms with Crippen molar-refractivity contribution in [2.24, 2.45) is 0 Å². The zero-order chi connectivity index (χ0) is 13.7. The molecule has 0 aromatic carbocycles. The second-order valence-electron chi connectivity index (χ2n) is 5.16. The lowest BCUT2D eigenvalue weighted by molar-refractivity contribution is 0.263. The number of aromatic nitrogens is 1. The summed E-state index contributed by atoms with van der Waals surface area (Å²) < 4.78 is 5.55. The third kappa shape index (κ3) is 3.99. The Morgan fingerprint density at radius 2 is 2.16 bits per heavy atom. The molecule has 2 heterocycles. The van der Waals surface area contributed by atoms with E-state index in [-0.39, 0.29) is 0 Å². The highest BCUT2D eigenvalue weighted by molar-refractivity contribution is 5.53. The highest BCUT2D eigenvalue weighted by Crippen LogP contribution is 2.22. The standard InChI is InChI=1S/C14H24N4O/c1-3-10-19-14-12(15)4-5-13(17-14)16-11-6-8-18(2)9-7-11/h4-5,11H,3,6-10,15H2,1-2H3,(H,16,17). The molecule has 1 fully saturated rings. The predicted molar refractivity (Wildman–Crippen MR) is 78.6 cm³/mol. The van der Waals surface area contributed by atoms with Gasteiger partial charge in [0, 0.05) is 6.04 Å². The van der Waals surface area contributed by atoms with Crippen LogP contribution in [0.5, 0.6) is 5.88 Å². The van der Waals surface area contributed by atoms with Crippen molar-refractivity contribution < 1.29 is 4.74 Å². The van der Waals surface area contributed by atoms with Gasteiger partial charge in [0.15, 0.2) is 0 Å². The van der Waals surface area contributed by atoms with Gasteiger partial charge in [-0.15, -0.1) is 0 Å². The van der Waals surface area contributed by atoms with Crippen molar-refractivity contribution in [2.45, 2.75) is 32.2 Å².